The van der Waals surface area contributed by atoms with Crippen molar-refractivity contribution in [3.63, 3.8) is 0 Å². The van der Waals surface area contributed by atoms with Gasteiger partial charge in [0.25, 0.3) is 11.5 Å². The van der Waals surface area contributed by atoms with Gasteiger partial charge in [0.05, 0.1) is 31.0 Å². The molecule has 2 aromatic carbocycles. The monoisotopic (exact) mass is 626 g/mol. The molecule has 17 heteroatoms. The van der Waals surface area contributed by atoms with E-state index in [1.165, 1.54) is 19.1 Å². The molecule has 2 heterocycles. The number of H-pyrrole nitrogens is 1. The van der Waals surface area contributed by atoms with Crippen LogP contribution in [0.1, 0.15) is 28.5 Å². The summed E-state index contributed by atoms with van der Waals surface area (Å²) in [5, 5.41) is 14.4. The summed E-state index contributed by atoms with van der Waals surface area (Å²) in [6, 6.07) is 9.48. The Morgan fingerprint density at radius 1 is 1.04 bits per heavy atom. The zero-order valence-corrected chi connectivity index (χ0v) is 23.4. The molecular weight excluding hydrogens is 601 g/mol. The van der Waals surface area contributed by atoms with Crippen molar-refractivity contribution in [1.29, 1.82) is 0 Å². The molecule has 4 rings (SSSR count). The summed E-state index contributed by atoms with van der Waals surface area (Å²) < 4.78 is 40.5. The third-order valence-corrected chi connectivity index (χ3v) is 6.30. The number of aromatic nitrogens is 4. The number of phenols is 1. The van der Waals surface area contributed by atoms with Gasteiger partial charge in [0.1, 0.15) is 5.75 Å². The number of hydrogen-bond acceptors (Lipinski definition) is 10. The number of Topliss-reactive ketones (excluding diaryl/α,β-unsaturated/α-hetero) is 1. The largest absolute Gasteiger partial charge is 0.508 e. The molecule has 45 heavy (non-hydrogen) atoms. The summed E-state index contributed by atoms with van der Waals surface area (Å²) in [7, 11) is 0. The summed E-state index contributed by atoms with van der Waals surface area (Å²) >= 11 is 0. The average Bonchev–Trinajstić information content (AvgIpc) is 2.98. The maximum absolute atomic E-state index is 13.5. The Morgan fingerprint density at radius 2 is 1.71 bits per heavy atom. The minimum Gasteiger partial charge on any atom is -0.508 e. The smallest absolute Gasteiger partial charge is 0.471 e. The molecule has 14 nitrogen and oxygen atoms in total. The highest BCUT2D eigenvalue weighted by Gasteiger charge is 2.43. The topological polar surface area (TPSA) is 213 Å². The van der Waals surface area contributed by atoms with Crippen LogP contribution in [0.2, 0.25) is 0 Å². The number of nitrogens with zero attached hydrogens (tertiary/aromatic N) is 4. The van der Waals surface area contributed by atoms with Gasteiger partial charge in [-0.3, -0.25) is 33.9 Å². The van der Waals surface area contributed by atoms with E-state index < -0.39 is 54.4 Å². The van der Waals surface area contributed by atoms with E-state index in [1.54, 1.807) is 12.1 Å². The fourth-order valence-corrected chi connectivity index (χ4v) is 4.19. The molecule has 0 saturated carbocycles. The van der Waals surface area contributed by atoms with E-state index in [0.717, 1.165) is 30.5 Å². The van der Waals surface area contributed by atoms with Crippen molar-refractivity contribution in [2.75, 3.05) is 17.2 Å². The van der Waals surface area contributed by atoms with Crippen LogP contribution in [0, 0.1) is 0 Å². The fourth-order valence-electron chi connectivity index (χ4n) is 4.19. The van der Waals surface area contributed by atoms with E-state index in [4.69, 9.17) is 5.73 Å². The normalized spacial score (nSPS) is 11.9. The van der Waals surface area contributed by atoms with E-state index in [-0.39, 0.29) is 46.2 Å². The van der Waals surface area contributed by atoms with Crippen molar-refractivity contribution >= 4 is 46.3 Å². The third kappa shape index (κ3) is 8.15. The lowest BCUT2D eigenvalue weighted by Gasteiger charge is -2.23. The molecule has 2 aromatic heterocycles. The van der Waals surface area contributed by atoms with E-state index in [1.807, 2.05) is 0 Å². The number of hydrogen-bond donors (Lipinski definition) is 5. The second kappa shape index (κ2) is 13.2. The number of carbonyl (C=O) groups is 4. The molecule has 1 atom stereocenters. The Labute approximate surface area is 251 Å². The van der Waals surface area contributed by atoms with Crippen LogP contribution in [0.15, 0.2) is 59.5 Å². The highest BCUT2D eigenvalue weighted by Crippen LogP contribution is 2.26. The van der Waals surface area contributed by atoms with Crippen molar-refractivity contribution in [3.05, 3.63) is 81.9 Å². The molecule has 234 valence electrons. The fraction of sp³-hybridized carbons (Fsp3) is 0.214. The molecule has 0 bridgehead atoms. The number of aromatic hydroxyl groups is 1. The van der Waals surface area contributed by atoms with Crippen LogP contribution in [0.3, 0.4) is 0 Å². The van der Waals surface area contributed by atoms with Gasteiger partial charge in [-0.2, -0.15) is 18.2 Å². The van der Waals surface area contributed by atoms with Gasteiger partial charge in [0.15, 0.2) is 16.9 Å². The van der Waals surface area contributed by atoms with Crippen LogP contribution in [0.4, 0.5) is 24.8 Å². The van der Waals surface area contributed by atoms with Gasteiger partial charge in [-0.1, -0.05) is 12.1 Å². The number of fused-ring (bicyclic) bond motifs is 1. The number of ketones is 1. The van der Waals surface area contributed by atoms with Crippen LogP contribution < -0.4 is 26.8 Å². The molecule has 0 aliphatic heterocycles. The summed E-state index contributed by atoms with van der Waals surface area (Å²) in [6.45, 7) is 0.00304. The Bertz CT molecular complexity index is 1810. The standard InChI is InChI=1S/C28H25F3N8O6/c1-14(40)35-20(10-15-2-8-19(41)9-3-15)21(42)12-34-24(43)16-4-6-18(7-5-16)39(26(45)28(29,30)31)13-17-11-33-23-22(36-17)25(44)38-27(32)37-23/h2-9,11,20,41H,10,12-13H2,1H3,(H,34,43)(H,35,40)(H3,32,33,37,38,44)/t20-/m0/s1. The van der Waals surface area contributed by atoms with E-state index in [0.29, 0.717) is 10.5 Å². The van der Waals surface area contributed by atoms with Crippen LogP contribution in [-0.4, -0.2) is 67.3 Å². The number of nitrogens with one attached hydrogen (secondary N) is 3. The average molecular weight is 627 g/mol. The van der Waals surface area contributed by atoms with Crippen molar-refractivity contribution in [2.45, 2.75) is 32.1 Å². The molecular formula is C28H25F3N8O6. The summed E-state index contributed by atoms with van der Waals surface area (Å²) in [5.41, 5.74) is 4.41. The molecule has 6 N–H and O–H groups in total. The Balaban J connectivity index is 1.48. The van der Waals surface area contributed by atoms with Crippen molar-refractivity contribution in [2.24, 2.45) is 0 Å². The number of carbonyl (C=O) groups excluding carboxylic acids is 4. The van der Waals surface area contributed by atoms with Crippen LogP contribution in [0.5, 0.6) is 5.75 Å². The number of nitrogens with two attached hydrogens (primary N) is 1. The van der Waals surface area contributed by atoms with Crippen molar-refractivity contribution in [1.82, 2.24) is 30.6 Å². The minimum atomic E-state index is -5.28. The summed E-state index contributed by atoms with van der Waals surface area (Å²) in [5.74, 6) is -4.21. The zero-order chi connectivity index (χ0) is 32.9. The summed E-state index contributed by atoms with van der Waals surface area (Å²) in [6.07, 6.45) is -4.15. The first-order valence-corrected chi connectivity index (χ1v) is 13.1. The van der Waals surface area contributed by atoms with E-state index >= 15 is 0 Å². The Kier molecular flexibility index (Phi) is 9.39. The number of benzene rings is 2. The predicted molar refractivity (Wildman–Crippen MR) is 153 cm³/mol. The number of anilines is 2. The third-order valence-electron chi connectivity index (χ3n) is 6.30. The Morgan fingerprint density at radius 3 is 2.33 bits per heavy atom. The van der Waals surface area contributed by atoms with Crippen LogP contribution in [0.25, 0.3) is 11.2 Å². The molecule has 0 radical (unpaired) electrons. The maximum Gasteiger partial charge on any atom is 0.471 e. The van der Waals surface area contributed by atoms with E-state index in [2.05, 4.69) is 30.6 Å². The lowest BCUT2D eigenvalue weighted by Crippen LogP contribution is -2.46. The first-order valence-electron chi connectivity index (χ1n) is 13.1. The highest BCUT2D eigenvalue weighted by atomic mass is 19.4. The van der Waals surface area contributed by atoms with Gasteiger partial charge in [0, 0.05) is 18.2 Å². The second-order valence-electron chi connectivity index (χ2n) is 9.69. The molecule has 0 saturated heterocycles. The molecule has 0 aliphatic rings. The number of nitrogen functional groups attached to an aromatic ring is 1. The molecule has 0 aliphatic carbocycles. The van der Waals surface area contributed by atoms with Crippen molar-refractivity contribution in [3.8, 4) is 5.75 Å². The number of amides is 3. The first-order chi connectivity index (χ1) is 21.2. The number of rotatable bonds is 10. The highest BCUT2D eigenvalue weighted by molar-refractivity contribution is 6.00. The summed E-state index contributed by atoms with van der Waals surface area (Å²) in [4.78, 5) is 75.9. The number of halogens is 3. The molecule has 0 fully saturated rings. The van der Waals surface area contributed by atoms with Gasteiger partial charge in [-0.05, 0) is 48.4 Å². The molecule has 4 aromatic rings. The SMILES string of the molecule is CC(=O)N[C@@H](Cc1ccc(O)cc1)C(=O)CNC(=O)c1ccc(N(Cc2cnc3nc(N)[nH]c(=O)c3n2)C(=O)C(F)(F)F)cc1. The van der Waals surface area contributed by atoms with Gasteiger partial charge in [0.2, 0.25) is 11.9 Å². The van der Waals surface area contributed by atoms with Crippen molar-refractivity contribution < 1.29 is 37.5 Å². The lowest BCUT2D eigenvalue weighted by molar-refractivity contribution is -0.170. The van der Waals surface area contributed by atoms with Gasteiger partial charge in [-0.25, -0.2) is 9.97 Å². The quantitative estimate of drug-likeness (QED) is 0.169. The molecule has 0 spiro atoms. The maximum atomic E-state index is 13.5. The minimum absolute atomic E-state index is 0.0211. The number of phenolic OH excluding ortho intramolecular Hbond substituents is 1. The zero-order valence-electron chi connectivity index (χ0n) is 23.4. The molecule has 0 unspecified atom stereocenters. The van der Waals surface area contributed by atoms with Crippen LogP contribution in [-0.2, 0) is 27.3 Å². The number of alkyl halides is 3. The first kappa shape index (κ1) is 32.1. The van der Waals surface area contributed by atoms with Gasteiger partial charge < -0.3 is 21.5 Å². The second-order valence-corrected chi connectivity index (χ2v) is 9.69. The van der Waals surface area contributed by atoms with Gasteiger partial charge >= 0.3 is 12.1 Å². The number of aromatic amines is 1. The van der Waals surface area contributed by atoms with E-state index in [9.17, 15) is 42.3 Å². The predicted octanol–water partition coefficient (Wildman–Crippen LogP) is 1.14. The molecule has 3 amide bonds. The Hall–Kier alpha value is -5.87. The lowest BCUT2D eigenvalue weighted by atomic mass is 10.0. The van der Waals surface area contributed by atoms with Crippen LogP contribution >= 0.6 is 0 Å². The van der Waals surface area contributed by atoms with Gasteiger partial charge in [-0.15, -0.1) is 0 Å².